The molecule has 0 bridgehead atoms. The largest absolute Gasteiger partial charge is 0.493 e. The Balaban J connectivity index is 1.58. The van der Waals surface area contributed by atoms with E-state index in [1.54, 1.807) is 48.5 Å². The average Bonchev–Trinajstić information content (AvgIpc) is 3.07. The molecule has 34 heavy (non-hydrogen) atoms. The molecule has 0 saturated carbocycles. The highest BCUT2D eigenvalue weighted by Gasteiger charge is 2.35. The highest BCUT2D eigenvalue weighted by Crippen LogP contribution is 2.38. The zero-order valence-electron chi connectivity index (χ0n) is 17.9. The van der Waals surface area contributed by atoms with Crippen LogP contribution in [0.1, 0.15) is 16.7 Å². The van der Waals surface area contributed by atoms with E-state index in [1.807, 2.05) is 18.2 Å². The molecule has 0 aliphatic carbocycles. The van der Waals surface area contributed by atoms with Gasteiger partial charge >= 0.3 is 0 Å². The van der Waals surface area contributed by atoms with Gasteiger partial charge in [0.25, 0.3) is 11.1 Å². The summed E-state index contributed by atoms with van der Waals surface area (Å²) in [6, 6.07) is 17.7. The smallest absolute Gasteiger partial charge is 0.293 e. The van der Waals surface area contributed by atoms with Crippen LogP contribution in [0.15, 0.2) is 65.6 Å². The predicted octanol–water partition coefficient (Wildman–Crippen LogP) is 7.47. The summed E-state index contributed by atoms with van der Waals surface area (Å²) >= 11 is 19.0. The van der Waals surface area contributed by atoms with Crippen LogP contribution in [0.5, 0.6) is 11.5 Å². The first-order chi connectivity index (χ1) is 16.4. The zero-order valence-corrected chi connectivity index (χ0v) is 21.0. The Morgan fingerprint density at radius 1 is 0.941 bits per heavy atom. The maximum Gasteiger partial charge on any atom is 0.293 e. The summed E-state index contributed by atoms with van der Waals surface area (Å²) in [5, 5.41) is 1.01. The van der Waals surface area contributed by atoms with Gasteiger partial charge in [-0.1, -0.05) is 65.1 Å². The Bertz CT molecular complexity index is 1290. The number of carbonyl (C=O) groups is 2. The molecule has 0 spiro atoms. The van der Waals surface area contributed by atoms with Crippen molar-refractivity contribution in [2.75, 3.05) is 7.11 Å². The molecule has 0 aromatic heterocycles. The van der Waals surface area contributed by atoms with Gasteiger partial charge in [0.2, 0.25) is 0 Å². The molecule has 1 aliphatic heterocycles. The van der Waals surface area contributed by atoms with E-state index in [0.29, 0.717) is 37.7 Å². The number of carbonyl (C=O) groups excluding carboxylic acids is 2. The van der Waals surface area contributed by atoms with Crippen molar-refractivity contribution in [3.05, 3.63) is 97.3 Å². The first kappa shape index (κ1) is 24.5. The molecule has 2 amide bonds. The quantitative estimate of drug-likeness (QED) is 0.294. The van der Waals surface area contributed by atoms with Crippen molar-refractivity contribution < 1.29 is 19.1 Å². The second-order valence-electron chi connectivity index (χ2n) is 7.31. The maximum atomic E-state index is 13.0. The topological polar surface area (TPSA) is 55.8 Å². The summed E-state index contributed by atoms with van der Waals surface area (Å²) in [5.41, 5.74) is 2.19. The Hall–Kier alpha value is -2.64. The van der Waals surface area contributed by atoms with E-state index < -0.39 is 5.91 Å². The van der Waals surface area contributed by atoms with Crippen LogP contribution in [0, 0.1) is 0 Å². The van der Waals surface area contributed by atoms with Crippen molar-refractivity contribution in [2.24, 2.45) is 0 Å². The molecule has 9 heteroatoms. The first-order valence-corrected chi connectivity index (χ1v) is 12.0. The summed E-state index contributed by atoms with van der Waals surface area (Å²) in [7, 11) is 1.54. The van der Waals surface area contributed by atoms with Gasteiger partial charge in [-0.05, 0) is 59.3 Å². The van der Waals surface area contributed by atoms with Crippen LogP contribution in [-0.2, 0) is 17.9 Å². The number of methoxy groups -OCH3 is 1. The van der Waals surface area contributed by atoms with E-state index in [-0.39, 0.29) is 23.3 Å². The Kier molecular flexibility index (Phi) is 7.73. The molecule has 4 rings (SSSR count). The molecule has 1 heterocycles. The third kappa shape index (κ3) is 5.53. The van der Waals surface area contributed by atoms with Crippen LogP contribution in [0.2, 0.25) is 15.1 Å². The number of hydrogen-bond donors (Lipinski definition) is 0. The lowest BCUT2D eigenvalue weighted by molar-refractivity contribution is -0.123. The highest BCUT2D eigenvalue weighted by atomic mass is 35.5. The van der Waals surface area contributed by atoms with Crippen molar-refractivity contribution in [1.29, 1.82) is 0 Å². The lowest BCUT2D eigenvalue weighted by Crippen LogP contribution is -2.27. The van der Waals surface area contributed by atoms with Crippen LogP contribution >= 0.6 is 46.6 Å². The molecular weight excluding hydrogens is 517 g/mol. The minimum atomic E-state index is -0.398. The van der Waals surface area contributed by atoms with Gasteiger partial charge in [-0.25, -0.2) is 0 Å². The fraction of sp³-hybridized carbons (Fsp3) is 0.120. The van der Waals surface area contributed by atoms with Gasteiger partial charge in [-0.15, -0.1) is 0 Å². The molecule has 0 unspecified atom stereocenters. The summed E-state index contributed by atoms with van der Waals surface area (Å²) in [6.45, 7) is 0.343. The molecule has 1 aliphatic rings. The van der Waals surface area contributed by atoms with Crippen molar-refractivity contribution in [3.8, 4) is 11.5 Å². The van der Waals surface area contributed by atoms with Gasteiger partial charge in [0.05, 0.1) is 28.6 Å². The molecule has 5 nitrogen and oxygen atoms in total. The summed E-state index contributed by atoms with van der Waals surface area (Å²) in [6.07, 6.45) is 1.63. The SMILES string of the molecule is COc1cccc(/C=C2\SC(=O)N(Cc3ccc(Cl)c(Cl)c3)C2=O)c1OCc1cccc(Cl)c1. The molecule has 3 aromatic rings. The van der Waals surface area contributed by atoms with Gasteiger partial charge in [0.15, 0.2) is 11.5 Å². The average molecular weight is 535 g/mol. The minimum Gasteiger partial charge on any atom is -0.493 e. The monoisotopic (exact) mass is 533 g/mol. The molecule has 1 saturated heterocycles. The number of imide groups is 1. The van der Waals surface area contributed by atoms with E-state index in [9.17, 15) is 9.59 Å². The number of halogens is 3. The molecule has 0 N–H and O–H groups in total. The number of ether oxygens (including phenoxy) is 2. The van der Waals surface area contributed by atoms with Gasteiger partial charge < -0.3 is 9.47 Å². The van der Waals surface area contributed by atoms with Gasteiger partial charge in [-0.3, -0.25) is 14.5 Å². The van der Waals surface area contributed by atoms with E-state index in [2.05, 4.69) is 0 Å². The third-order valence-corrected chi connectivity index (χ3v) is 6.87. The second-order valence-corrected chi connectivity index (χ2v) is 9.56. The van der Waals surface area contributed by atoms with Crippen molar-refractivity contribution in [2.45, 2.75) is 13.2 Å². The van der Waals surface area contributed by atoms with Crippen LogP contribution in [0.4, 0.5) is 4.79 Å². The Labute approximate surface area is 216 Å². The second kappa shape index (κ2) is 10.7. The Morgan fingerprint density at radius 3 is 2.47 bits per heavy atom. The molecule has 174 valence electrons. The number of thioether (sulfide) groups is 1. The van der Waals surface area contributed by atoms with E-state index in [1.165, 1.54) is 12.0 Å². The van der Waals surface area contributed by atoms with Crippen molar-refractivity contribution >= 4 is 63.8 Å². The molecule has 3 aromatic carbocycles. The van der Waals surface area contributed by atoms with E-state index >= 15 is 0 Å². The normalized spacial score (nSPS) is 14.7. The van der Waals surface area contributed by atoms with Crippen LogP contribution in [-0.4, -0.2) is 23.2 Å². The van der Waals surface area contributed by atoms with Crippen LogP contribution in [0.3, 0.4) is 0 Å². The van der Waals surface area contributed by atoms with Crippen LogP contribution in [0.25, 0.3) is 6.08 Å². The van der Waals surface area contributed by atoms with Gasteiger partial charge in [0.1, 0.15) is 6.61 Å². The van der Waals surface area contributed by atoms with Crippen LogP contribution < -0.4 is 9.47 Å². The maximum absolute atomic E-state index is 13.0. The number of nitrogens with zero attached hydrogens (tertiary/aromatic N) is 1. The number of amides is 2. The van der Waals surface area contributed by atoms with Crippen molar-refractivity contribution in [1.82, 2.24) is 4.90 Å². The highest BCUT2D eigenvalue weighted by molar-refractivity contribution is 8.18. The lowest BCUT2D eigenvalue weighted by atomic mass is 10.1. The minimum absolute atomic E-state index is 0.0924. The third-order valence-electron chi connectivity index (χ3n) is 4.99. The fourth-order valence-electron chi connectivity index (χ4n) is 3.34. The standard InChI is InChI=1S/C25H18Cl3NO4S/c1-32-21-7-3-5-17(23(21)33-14-16-4-2-6-18(26)10-16)12-22-24(30)29(25(31)34-22)13-15-8-9-19(27)20(28)11-15/h2-12H,13-14H2,1H3/b22-12-. The fourth-order valence-corrected chi connectivity index (χ4v) is 4.70. The number of benzene rings is 3. The molecule has 0 atom stereocenters. The first-order valence-electron chi connectivity index (χ1n) is 10.1. The van der Waals surface area contributed by atoms with E-state index in [4.69, 9.17) is 44.3 Å². The summed E-state index contributed by atoms with van der Waals surface area (Å²) in [4.78, 5) is 27.1. The van der Waals surface area contributed by atoms with Crippen molar-refractivity contribution in [3.63, 3.8) is 0 Å². The number of para-hydroxylation sites is 1. The molecular formula is C25H18Cl3NO4S. The summed E-state index contributed by atoms with van der Waals surface area (Å²) in [5.74, 6) is 0.566. The van der Waals surface area contributed by atoms with Gasteiger partial charge in [-0.2, -0.15) is 0 Å². The Morgan fingerprint density at radius 2 is 1.74 bits per heavy atom. The molecule has 0 radical (unpaired) electrons. The number of hydrogen-bond acceptors (Lipinski definition) is 5. The predicted molar refractivity (Wildman–Crippen MR) is 137 cm³/mol. The number of rotatable bonds is 7. The molecule has 1 fully saturated rings. The summed E-state index contributed by atoms with van der Waals surface area (Å²) < 4.78 is 11.5. The van der Waals surface area contributed by atoms with E-state index in [0.717, 1.165) is 17.3 Å². The van der Waals surface area contributed by atoms with Gasteiger partial charge in [0, 0.05) is 10.6 Å². The lowest BCUT2D eigenvalue weighted by Gasteiger charge is -2.14. The zero-order chi connectivity index (χ0) is 24.2.